The standard InChI is InChI=1S/C5H6Br2N2/c1-9-3-4(2-6)8-5(9)7/h3H,2H2,1H3. The van der Waals surface area contributed by atoms with Crippen molar-refractivity contribution in [3.8, 4) is 0 Å². The molecule has 0 fully saturated rings. The predicted octanol–water partition coefficient (Wildman–Crippen LogP) is 2.08. The van der Waals surface area contributed by atoms with E-state index in [-0.39, 0.29) is 0 Å². The highest BCUT2D eigenvalue weighted by molar-refractivity contribution is 9.10. The summed E-state index contributed by atoms with van der Waals surface area (Å²) >= 11 is 6.60. The van der Waals surface area contributed by atoms with Gasteiger partial charge in [-0.15, -0.1) is 0 Å². The van der Waals surface area contributed by atoms with E-state index in [2.05, 4.69) is 36.8 Å². The molecule has 0 saturated carbocycles. The molecule has 1 heterocycles. The number of imidazole rings is 1. The van der Waals surface area contributed by atoms with Gasteiger partial charge in [-0.1, -0.05) is 15.9 Å². The molecule has 9 heavy (non-hydrogen) atoms. The fourth-order valence-corrected chi connectivity index (χ4v) is 1.17. The average Bonchev–Trinajstić information content (AvgIpc) is 2.13. The van der Waals surface area contributed by atoms with Gasteiger partial charge >= 0.3 is 0 Å². The van der Waals surface area contributed by atoms with Crippen molar-refractivity contribution < 1.29 is 0 Å². The number of rotatable bonds is 1. The molecule has 0 bridgehead atoms. The van der Waals surface area contributed by atoms with Crippen LogP contribution < -0.4 is 0 Å². The quantitative estimate of drug-likeness (QED) is 0.701. The van der Waals surface area contributed by atoms with E-state index in [1.165, 1.54) is 0 Å². The molecule has 2 nitrogen and oxygen atoms in total. The van der Waals surface area contributed by atoms with E-state index >= 15 is 0 Å². The Morgan fingerprint density at radius 1 is 1.78 bits per heavy atom. The van der Waals surface area contributed by atoms with Gasteiger partial charge in [0.15, 0.2) is 4.73 Å². The van der Waals surface area contributed by atoms with Gasteiger partial charge in [0.1, 0.15) is 0 Å². The number of aromatic nitrogens is 2. The summed E-state index contributed by atoms with van der Waals surface area (Å²) in [5, 5.41) is 0.812. The van der Waals surface area contributed by atoms with E-state index < -0.39 is 0 Å². The van der Waals surface area contributed by atoms with Crippen molar-refractivity contribution in [3.05, 3.63) is 16.6 Å². The maximum atomic E-state index is 4.16. The van der Waals surface area contributed by atoms with E-state index in [0.29, 0.717) is 0 Å². The van der Waals surface area contributed by atoms with Crippen LogP contribution in [0.15, 0.2) is 10.9 Å². The van der Waals surface area contributed by atoms with Crippen LogP contribution in [0.3, 0.4) is 0 Å². The van der Waals surface area contributed by atoms with Crippen molar-refractivity contribution in [2.24, 2.45) is 7.05 Å². The highest BCUT2D eigenvalue weighted by Gasteiger charge is 1.97. The van der Waals surface area contributed by atoms with Crippen LogP contribution in [0.25, 0.3) is 0 Å². The maximum absolute atomic E-state index is 4.16. The fraction of sp³-hybridized carbons (Fsp3) is 0.400. The molecule has 0 N–H and O–H groups in total. The van der Waals surface area contributed by atoms with Crippen molar-refractivity contribution in [3.63, 3.8) is 0 Å². The second-order valence-electron chi connectivity index (χ2n) is 1.75. The minimum atomic E-state index is 0.812. The van der Waals surface area contributed by atoms with Gasteiger partial charge in [0.25, 0.3) is 0 Å². The van der Waals surface area contributed by atoms with Crippen LogP contribution in [-0.2, 0) is 12.4 Å². The summed E-state index contributed by atoms with van der Waals surface area (Å²) in [5.74, 6) is 0. The van der Waals surface area contributed by atoms with Crippen molar-refractivity contribution in [2.45, 2.75) is 5.33 Å². The van der Waals surface area contributed by atoms with Gasteiger partial charge in [-0.25, -0.2) is 4.98 Å². The van der Waals surface area contributed by atoms with E-state index in [1.54, 1.807) is 0 Å². The Morgan fingerprint density at radius 2 is 2.44 bits per heavy atom. The van der Waals surface area contributed by atoms with Gasteiger partial charge in [-0.3, -0.25) is 0 Å². The van der Waals surface area contributed by atoms with Gasteiger partial charge in [0.05, 0.1) is 5.69 Å². The number of nitrogens with zero attached hydrogens (tertiary/aromatic N) is 2. The van der Waals surface area contributed by atoms with E-state index in [0.717, 1.165) is 15.8 Å². The van der Waals surface area contributed by atoms with Crippen LogP contribution in [0, 0.1) is 0 Å². The van der Waals surface area contributed by atoms with Gasteiger partial charge in [-0.05, 0) is 15.9 Å². The lowest BCUT2D eigenvalue weighted by Gasteiger charge is -1.85. The van der Waals surface area contributed by atoms with E-state index in [1.807, 2.05) is 17.8 Å². The molecule has 0 spiro atoms. The minimum absolute atomic E-state index is 0.812. The molecule has 0 atom stereocenters. The Balaban J connectivity index is 2.98. The third-order valence-electron chi connectivity index (χ3n) is 1.01. The molecular weight excluding hydrogens is 248 g/mol. The molecule has 4 heteroatoms. The van der Waals surface area contributed by atoms with Crippen molar-refractivity contribution in [1.82, 2.24) is 9.55 Å². The lowest BCUT2D eigenvalue weighted by molar-refractivity contribution is 0.881. The highest BCUT2D eigenvalue weighted by Crippen LogP contribution is 2.09. The summed E-state index contributed by atoms with van der Waals surface area (Å²) in [6.07, 6.45) is 1.97. The molecule has 0 amide bonds. The first kappa shape index (κ1) is 7.28. The Morgan fingerprint density at radius 3 is 2.67 bits per heavy atom. The van der Waals surface area contributed by atoms with E-state index in [4.69, 9.17) is 0 Å². The minimum Gasteiger partial charge on any atom is -0.328 e. The number of halogens is 2. The number of hydrogen-bond acceptors (Lipinski definition) is 1. The molecule has 0 aliphatic rings. The monoisotopic (exact) mass is 252 g/mol. The second kappa shape index (κ2) is 2.84. The number of hydrogen-bond donors (Lipinski definition) is 0. The lowest BCUT2D eigenvalue weighted by atomic mass is 10.6. The number of alkyl halides is 1. The Hall–Kier alpha value is 0.170. The Kier molecular flexibility index (Phi) is 2.29. The molecule has 0 aliphatic carbocycles. The average molecular weight is 254 g/mol. The zero-order valence-corrected chi connectivity index (χ0v) is 8.11. The molecule has 1 rings (SSSR count). The normalized spacial score (nSPS) is 10.1. The van der Waals surface area contributed by atoms with Crippen molar-refractivity contribution in [2.75, 3.05) is 0 Å². The molecule has 1 aromatic rings. The third kappa shape index (κ3) is 1.55. The fourth-order valence-electron chi connectivity index (χ4n) is 0.567. The summed E-state index contributed by atoms with van der Waals surface area (Å²) in [6, 6.07) is 0. The molecule has 0 saturated heterocycles. The van der Waals surface area contributed by atoms with Crippen LogP contribution >= 0.6 is 31.9 Å². The van der Waals surface area contributed by atoms with Crippen LogP contribution in [0.2, 0.25) is 0 Å². The number of aryl methyl sites for hydroxylation is 1. The Labute approximate surface area is 70.5 Å². The van der Waals surface area contributed by atoms with Gasteiger partial charge in [0.2, 0.25) is 0 Å². The lowest BCUT2D eigenvalue weighted by Crippen LogP contribution is -1.82. The van der Waals surface area contributed by atoms with E-state index in [9.17, 15) is 0 Å². The molecular formula is C5H6Br2N2. The predicted molar refractivity (Wildman–Crippen MR) is 43.5 cm³/mol. The first-order valence-electron chi connectivity index (χ1n) is 2.47. The SMILES string of the molecule is Cn1cc(CBr)nc1Br. The Bertz CT molecular complexity index is 187. The largest absolute Gasteiger partial charge is 0.328 e. The summed E-state index contributed by atoms with van der Waals surface area (Å²) in [5.41, 5.74) is 1.05. The van der Waals surface area contributed by atoms with Gasteiger partial charge < -0.3 is 4.57 Å². The summed E-state index contributed by atoms with van der Waals surface area (Å²) in [7, 11) is 1.95. The van der Waals surface area contributed by atoms with Gasteiger partial charge in [0, 0.05) is 18.6 Å². The molecule has 1 aromatic heterocycles. The van der Waals surface area contributed by atoms with Crippen molar-refractivity contribution >= 4 is 31.9 Å². The summed E-state index contributed by atoms with van der Waals surface area (Å²) < 4.78 is 2.80. The first-order valence-corrected chi connectivity index (χ1v) is 4.39. The molecule has 0 aliphatic heterocycles. The third-order valence-corrected chi connectivity index (χ3v) is 2.32. The summed E-state index contributed by atoms with van der Waals surface area (Å²) in [6.45, 7) is 0. The topological polar surface area (TPSA) is 17.8 Å². The van der Waals surface area contributed by atoms with Crippen LogP contribution in [0.4, 0.5) is 0 Å². The summed E-state index contributed by atoms with van der Waals surface area (Å²) in [4.78, 5) is 4.16. The molecule has 50 valence electrons. The van der Waals surface area contributed by atoms with Crippen LogP contribution in [-0.4, -0.2) is 9.55 Å². The second-order valence-corrected chi connectivity index (χ2v) is 3.02. The molecule has 0 unspecified atom stereocenters. The smallest absolute Gasteiger partial charge is 0.177 e. The maximum Gasteiger partial charge on any atom is 0.177 e. The highest BCUT2D eigenvalue weighted by atomic mass is 79.9. The zero-order chi connectivity index (χ0) is 6.85. The zero-order valence-electron chi connectivity index (χ0n) is 4.93. The van der Waals surface area contributed by atoms with Crippen LogP contribution in [0.1, 0.15) is 5.69 Å². The van der Waals surface area contributed by atoms with Crippen LogP contribution in [0.5, 0.6) is 0 Å². The van der Waals surface area contributed by atoms with Gasteiger partial charge in [-0.2, -0.15) is 0 Å². The molecule has 0 aromatic carbocycles. The van der Waals surface area contributed by atoms with Crippen molar-refractivity contribution in [1.29, 1.82) is 0 Å². The molecule has 0 radical (unpaired) electrons. The first-order chi connectivity index (χ1) is 4.24.